The zero-order valence-electron chi connectivity index (χ0n) is 18.9. The Morgan fingerprint density at radius 1 is 1.31 bits per heavy atom. The fraction of sp³-hybridized carbons (Fsp3) is 0.250. The van der Waals surface area contributed by atoms with Crippen LogP contribution in [-0.2, 0) is 18.4 Å². The summed E-state index contributed by atoms with van der Waals surface area (Å²) in [5, 5.41) is 22.0. The summed E-state index contributed by atoms with van der Waals surface area (Å²) in [5.41, 5.74) is 6.79. The van der Waals surface area contributed by atoms with Crippen LogP contribution in [0.25, 0.3) is 21.3 Å². The molecule has 0 aliphatic carbocycles. The molecule has 188 valence electrons. The SMILES string of the molecule is Cc1c(-c2cc(C(F)F)nc3sc(C(N)=O)c(NC(=O)Cn4nc([N+](=O)[O-])c(Br)c4C)c23)cnn1C. The molecule has 36 heavy (non-hydrogen) atoms. The monoisotopic (exact) mass is 582 g/mol. The van der Waals surface area contributed by atoms with Crippen LogP contribution in [-0.4, -0.2) is 41.3 Å². The molecule has 0 aliphatic rings. The van der Waals surface area contributed by atoms with Gasteiger partial charge in [0.1, 0.15) is 26.4 Å². The molecular weight excluding hydrogens is 566 g/mol. The Morgan fingerprint density at radius 3 is 2.53 bits per heavy atom. The van der Waals surface area contributed by atoms with E-state index in [0.717, 1.165) is 16.0 Å². The number of nitrogens with zero attached hydrogens (tertiary/aromatic N) is 6. The lowest BCUT2D eigenvalue weighted by Crippen LogP contribution is -2.22. The Bertz CT molecular complexity index is 1560. The van der Waals surface area contributed by atoms with Crippen molar-refractivity contribution in [1.29, 1.82) is 0 Å². The molecule has 0 radical (unpaired) electrons. The number of rotatable bonds is 7. The standard InChI is InChI=1S/C20H17BrF2N8O4S/c1-7-10(5-25-29(7)3)9-4-11(17(22)23)26-20-13(9)15(16(36-20)18(24)33)27-12(32)6-30-8(2)14(21)19(28-30)31(34)35/h4-5,17H,6H2,1-3H3,(H2,24,33)(H,27,32). The number of hydrogen-bond acceptors (Lipinski definition) is 8. The number of primary amides is 1. The van der Waals surface area contributed by atoms with Crippen molar-refractivity contribution in [3.8, 4) is 11.1 Å². The third-order valence-electron chi connectivity index (χ3n) is 5.50. The molecule has 0 aromatic carbocycles. The first kappa shape index (κ1) is 25.3. The lowest BCUT2D eigenvalue weighted by atomic mass is 10.0. The summed E-state index contributed by atoms with van der Waals surface area (Å²) in [6, 6.07) is 1.18. The van der Waals surface area contributed by atoms with Crippen LogP contribution in [0.1, 0.15) is 33.2 Å². The molecule has 12 nitrogen and oxygen atoms in total. The zero-order valence-corrected chi connectivity index (χ0v) is 21.3. The van der Waals surface area contributed by atoms with Crippen molar-refractivity contribution in [2.75, 3.05) is 5.32 Å². The van der Waals surface area contributed by atoms with Crippen molar-refractivity contribution >= 4 is 60.8 Å². The lowest BCUT2D eigenvalue weighted by molar-refractivity contribution is -0.390. The van der Waals surface area contributed by atoms with E-state index in [-0.39, 0.29) is 30.8 Å². The number of alkyl halides is 2. The fourth-order valence-corrected chi connectivity index (χ4v) is 5.03. The van der Waals surface area contributed by atoms with E-state index in [1.54, 1.807) is 18.7 Å². The second-order valence-corrected chi connectivity index (χ2v) is 9.49. The third-order valence-corrected chi connectivity index (χ3v) is 7.53. The number of nitrogens with two attached hydrogens (primary N) is 1. The van der Waals surface area contributed by atoms with Gasteiger partial charge in [-0.2, -0.15) is 9.78 Å². The molecule has 2 amide bonds. The van der Waals surface area contributed by atoms with Crippen LogP contribution in [0.4, 0.5) is 20.3 Å². The number of carbonyl (C=O) groups is 2. The third kappa shape index (κ3) is 4.32. The van der Waals surface area contributed by atoms with E-state index in [1.807, 2.05) is 0 Å². The van der Waals surface area contributed by atoms with Gasteiger partial charge in [0.25, 0.3) is 12.3 Å². The summed E-state index contributed by atoms with van der Waals surface area (Å²) in [6.07, 6.45) is -1.41. The second-order valence-electron chi connectivity index (χ2n) is 7.70. The van der Waals surface area contributed by atoms with Crippen molar-refractivity contribution in [2.24, 2.45) is 12.8 Å². The summed E-state index contributed by atoms with van der Waals surface area (Å²) in [5.74, 6) is -2.04. The van der Waals surface area contributed by atoms with Gasteiger partial charge in [0.15, 0.2) is 0 Å². The number of nitro groups is 1. The van der Waals surface area contributed by atoms with Gasteiger partial charge in [-0.25, -0.2) is 13.8 Å². The van der Waals surface area contributed by atoms with E-state index in [1.165, 1.54) is 19.2 Å². The number of aryl methyl sites for hydroxylation is 1. The molecule has 4 aromatic rings. The van der Waals surface area contributed by atoms with E-state index >= 15 is 0 Å². The molecule has 0 fully saturated rings. The molecule has 0 spiro atoms. The molecule has 0 bridgehead atoms. The van der Waals surface area contributed by atoms with Gasteiger partial charge in [0.05, 0.1) is 22.7 Å². The van der Waals surface area contributed by atoms with Crippen LogP contribution in [0, 0.1) is 24.0 Å². The molecule has 0 saturated carbocycles. The number of thiophene rings is 1. The van der Waals surface area contributed by atoms with E-state index in [4.69, 9.17) is 5.73 Å². The maximum Gasteiger partial charge on any atom is 0.404 e. The molecule has 16 heteroatoms. The quantitative estimate of drug-likeness (QED) is 0.246. The number of anilines is 1. The van der Waals surface area contributed by atoms with Crippen LogP contribution >= 0.6 is 27.3 Å². The van der Waals surface area contributed by atoms with E-state index in [2.05, 4.69) is 36.4 Å². The largest absolute Gasteiger partial charge is 0.404 e. The number of fused-ring (bicyclic) bond motifs is 1. The average Bonchev–Trinajstić information content (AvgIpc) is 3.43. The number of aromatic nitrogens is 5. The van der Waals surface area contributed by atoms with Gasteiger partial charge in [0, 0.05) is 23.7 Å². The summed E-state index contributed by atoms with van der Waals surface area (Å²) in [4.78, 5) is 39.6. The number of nitrogens with one attached hydrogen (secondary N) is 1. The first-order chi connectivity index (χ1) is 16.9. The topological polar surface area (TPSA) is 164 Å². The Labute approximate surface area is 213 Å². The summed E-state index contributed by atoms with van der Waals surface area (Å²) in [7, 11) is 1.68. The van der Waals surface area contributed by atoms with Gasteiger partial charge in [-0.15, -0.1) is 11.3 Å². The van der Waals surface area contributed by atoms with Crippen molar-refractivity contribution in [1.82, 2.24) is 24.5 Å². The highest BCUT2D eigenvalue weighted by Gasteiger charge is 2.28. The van der Waals surface area contributed by atoms with Gasteiger partial charge in [0.2, 0.25) is 5.91 Å². The second kappa shape index (κ2) is 9.34. The highest BCUT2D eigenvalue weighted by Crippen LogP contribution is 2.43. The highest BCUT2D eigenvalue weighted by atomic mass is 79.9. The minimum atomic E-state index is -2.89. The van der Waals surface area contributed by atoms with Gasteiger partial charge < -0.3 is 21.2 Å². The number of halogens is 3. The summed E-state index contributed by atoms with van der Waals surface area (Å²) >= 11 is 3.85. The van der Waals surface area contributed by atoms with Gasteiger partial charge in [-0.1, -0.05) is 0 Å². The smallest absolute Gasteiger partial charge is 0.365 e. The number of hydrogen-bond donors (Lipinski definition) is 2. The molecule has 0 aliphatic heterocycles. The molecule has 0 atom stereocenters. The Balaban J connectivity index is 1.86. The van der Waals surface area contributed by atoms with Crippen LogP contribution < -0.4 is 11.1 Å². The molecule has 4 heterocycles. The first-order valence-electron chi connectivity index (χ1n) is 10.1. The molecule has 0 unspecified atom stereocenters. The van der Waals surface area contributed by atoms with Crippen LogP contribution in [0.3, 0.4) is 0 Å². The maximum absolute atomic E-state index is 13.6. The van der Waals surface area contributed by atoms with Crippen molar-refractivity contribution < 1.29 is 23.3 Å². The minimum absolute atomic E-state index is 0.00237. The van der Waals surface area contributed by atoms with Crippen LogP contribution in [0.15, 0.2) is 16.7 Å². The van der Waals surface area contributed by atoms with Crippen LogP contribution in [0.2, 0.25) is 0 Å². The van der Waals surface area contributed by atoms with Crippen molar-refractivity contribution in [3.63, 3.8) is 0 Å². The molecular formula is C20H17BrF2N8O4S. The van der Waals surface area contributed by atoms with Gasteiger partial charge in [-0.05, 0) is 46.3 Å². The highest BCUT2D eigenvalue weighted by molar-refractivity contribution is 9.10. The van der Waals surface area contributed by atoms with Gasteiger partial charge >= 0.3 is 5.82 Å². The maximum atomic E-state index is 13.6. The predicted molar refractivity (Wildman–Crippen MR) is 130 cm³/mol. The molecule has 4 rings (SSSR count). The van der Waals surface area contributed by atoms with Gasteiger partial charge in [-0.3, -0.25) is 14.3 Å². The predicted octanol–water partition coefficient (Wildman–Crippen LogP) is 3.86. The Kier molecular flexibility index (Phi) is 6.57. The number of amides is 2. The van der Waals surface area contributed by atoms with E-state index in [9.17, 15) is 28.5 Å². The normalized spacial score (nSPS) is 11.4. The Hall–Kier alpha value is -3.79. The van der Waals surface area contributed by atoms with Crippen LogP contribution in [0.5, 0.6) is 0 Å². The van der Waals surface area contributed by atoms with E-state index in [0.29, 0.717) is 17.0 Å². The zero-order chi connectivity index (χ0) is 26.5. The molecule has 3 N–H and O–H groups in total. The minimum Gasteiger partial charge on any atom is -0.365 e. The van der Waals surface area contributed by atoms with Crippen molar-refractivity contribution in [2.45, 2.75) is 26.8 Å². The molecule has 4 aromatic heterocycles. The summed E-state index contributed by atoms with van der Waals surface area (Å²) < 4.78 is 30.1. The molecule has 0 saturated heterocycles. The fourth-order valence-electron chi connectivity index (χ4n) is 3.59. The van der Waals surface area contributed by atoms with Crippen molar-refractivity contribution in [3.05, 3.63) is 48.8 Å². The Morgan fingerprint density at radius 2 is 2.00 bits per heavy atom. The van der Waals surface area contributed by atoms with E-state index < -0.39 is 41.2 Å². The number of carbonyl (C=O) groups excluding carboxylic acids is 2. The average molecular weight is 583 g/mol. The number of pyridine rings is 1. The first-order valence-corrected chi connectivity index (χ1v) is 11.7. The lowest BCUT2D eigenvalue weighted by Gasteiger charge is -2.11. The summed E-state index contributed by atoms with van der Waals surface area (Å²) in [6.45, 7) is 2.84.